The molecule has 2 saturated carbocycles. The van der Waals surface area contributed by atoms with Gasteiger partial charge in [-0.2, -0.15) is 0 Å². The van der Waals surface area contributed by atoms with Gasteiger partial charge in [-0.3, -0.25) is 9.69 Å². The second-order valence-electron chi connectivity index (χ2n) is 8.03. The van der Waals surface area contributed by atoms with Gasteiger partial charge in [0.2, 0.25) is 5.91 Å². The lowest BCUT2D eigenvalue weighted by Gasteiger charge is -2.41. The van der Waals surface area contributed by atoms with E-state index in [1.807, 2.05) is 13.8 Å². The first kappa shape index (κ1) is 15.3. The average Bonchev–Trinajstić information content (AvgIpc) is 3.08. The molecule has 21 heavy (non-hydrogen) atoms. The Hall–Kier alpha value is -0.570. The lowest BCUT2D eigenvalue weighted by Crippen LogP contribution is -2.54. The molecule has 0 aromatic heterocycles. The number of carbonyl (C=O) groups excluding carboxylic acids is 1. The maximum absolute atomic E-state index is 12.1. The van der Waals surface area contributed by atoms with Crippen LogP contribution in [0.2, 0.25) is 0 Å². The second kappa shape index (κ2) is 6.68. The molecule has 3 rings (SSSR count). The van der Waals surface area contributed by atoms with Crippen molar-refractivity contribution < 1.29 is 4.79 Å². The van der Waals surface area contributed by atoms with Gasteiger partial charge in [-0.15, -0.1) is 0 Å². The largest absolute Gasteiger partial charge is 0.352 e. The quantitative estimate of drug-likeness (QED) is 0.844. The fraction of sp³-hybridized carbons (Fsp3) is 0.944. The van der Waals surface area contributed by atoms with Crippen molar-refractivity contribution >= 4 is 5.91 Å². The van der Waals surface area contributed by atoms with E-state index in [9.17, 15) is 4.79 Å². The summed E-state index contributed by atoms with van der Waals surface area (Å²) in [5, 5.41) is 3.31. The molecule has 2 atom stereocenters. The Morgan fingerprint density at radius 2 is 1.81 bits per heavy atom. The molecule has 1 saturated heterocycles. The minimum absolute atomic E-state index is 0.105. The number of nitrogens with zero attached hydrogens (tertiary/aromatic N) is 1. The molecule has 3 fully saturated rings. The van der Waals surface area contributed by atoms with Crippen LogP contribution < -0.4 is 5.32 Å². The molecule has 0 aromatic carbocycles. The van der Waals surface area contributed by atoms with Gasteiger partial charge in [0.1, 0.15) is 0 Å². The maximum Gasteiger partial charge on any atom is 0.222 e. The first-order valence-electron chi connectivity index (χ1n) is 9.16. The summed E-state index contributed by atoms with van der Waals surface area (Å²) in [6, 6.07) is 1.18. The molecule has 1 amide bonds. The van der Waals surface area contributed by atoms with E-state index < -0.39 is 0 Å². The number of carbonyl (C=O) groups is 1. The van der Waals surface area contributed by atoms with Gasteiger partial charge in [0.05, 0.1) is 0 Å². The minimum atomic E-state index is 0.105. The van der Waals surface area contributed by atoms with Crippen LogP contribution in [-0.2, 0) is 4.79 Å². The normalized spacial score (nSPS) is 31.8. The summed E-state index contributed by atoms with van der Waals surface area (Å²) in [4.78, 5) is 14.8. The molecular weight excluding hydrogens is 260 g/mol. The third-order valence-electron chi connectivity index (χ3n) is 5.64. The summed E-state index contributed by atoms with van der Waals surface area (Å²) in [7, 11) is 0. The number of nitrogens with one attached hydrogen (secondary N) is 1. The lowest BCUT2D eigenvalue weighted by molar-refractivity contribution is -0.125. The van der Waals surface area contributed by atoms with Gasteiger partial charge in [-0.25, -0.2) is 0 Å². The smallest absolute Gasteiger partial charge is 0.222 e. The highest BCUT2D eigenvalue weighted by Gasteiger charge is 2.35. The maximum atomic E-state index is 12.1. The van der Waals surface area contributed by atoms with Crippen molar-refractivity contribution in [2.75, 3.05) is 13.1 Å². The first-order valence-corrected chi connectivity index (χ1v) is 9.16. The van der Waals surface area contributed by atoms with Crippen LogP contribution in [0.25, 0.3) is 0 Å². The van der Waals surface area contributed by atoms with E-state index in [2.05, 4.69) is 10.2 Å². The molecule has 2 unspecified atom stereocenters. The zero-order chi connectivity index (χ0) is 14.8. The molecule has 3 nitrogen and oxygen atoms in total. The fourth-order valence-corrected chi connectivity index (χ4v) is 4.28. The van der Waals surface area contributed by atoms with Crippen molar-refractivity contribution in [3.63, 3.8) is 0 Å². The number of likely N-dealkylation sites (tertiary alicyclic amines) is 1. The van der Waals surface area contributed by atoms with E-state index in [4.69, 9.17) is 0 Å². The molecule has 2 aliphatic carbocycles. The van der Waals surface area contributed by atoms with E-state index in [0.29, 0.717) is 6.04 Å². The van der Waals surface area contributed by atoms with E-state index in [1.54, 1.807) is 0 Å². The monoisotopic (exact) mass is 292 g/mol. The summed E-state index contributed by atoms with van der Waals surface area (Å²) < 4.78 is 0. The third kappa shape index (κ3) is 4.21. The zero-order valence-electron chi connectivity index (χ0n) is 13.8. The summed E-state index contributed by atoms with van der Waals surface area (Å²) >= 11 is 0. The summed E-state index contributed by atoms with van der Waals surface area (Å²) in [6.07, 6.45) is 11.1. The van der Waals surface area contributed by atoms with Gasteiger partial charge in [-0.05, 0) is 37.5 Å². The molecule has 0 radical (unpaired) electrons. The number of hydrogen-bond donors (Lipinski definition) is 1. The Morgan fingerprint density at radius 1 is 1.10 bits per heavy atom. The van der Waals surface area contributed by atoms with Crippen LogP contribution in [-0.4, -0.2) is 36.0 Å². The van der Waals surface area contributed by atoms with Crippen molar-refractivity contribution in [1.29, 1.82) is 0 Å². The van der Waals surface area contributed by atoms with E-state index >= 15 is 0 Å². The summed E-state index contributed by atoms with van der Waals surface area (Å²) in [5.41, 5.74) is 0. The molecule has 1 aliphatic heterocycles. The number of hydrogen-bond acceptors (Lipinski definition) is 2. The lowest BCUT2D eigenvalue weighted by atomic mass is 9.88. The molecule has 3 aliphatic rings. The number of amides is 1. The van der Waals surface area contributed by atoms with Gasteiger partial charge >= 0.3 is 0 Å². The van der Waals surface area contributed by atoms with Crippen LogP contribution in [0.4, 0.5) is 0 Å². The topological polar surface area (TPSA) is 32.3 Å². The Balaban J connectivity index is 1.59. The summed E-state index contributed by atoms with van der Waals surface area (Å²) in [5.74, 6) is 2.15. The zero-order valence-corrected chi connectivity index (χ0v) is 13.8. The van der Waals surface area contributed by atoms with Crippen LogP contribution in [0.1, 0.15) is 65.2 Å². The molecule has 1 N–H and O–H groups in total. The van der Waals surface area contributed by atoms with Crippen molar-refractivity contribution in [2.24, 2.45) is 17.8 Å². The van der Waals surface area contributed by atoms with Gasteiger partial charge < -0.3 is 5.32 Å². The van der Waals surface area contributed by atoms with Gasteiger partial charge in [0.15, 0.2) is 0 Å². The predicted octanol–water partition coefficient (Wildman–Crippen LogP) is 3.19. The van der Waals surface area contributed by atoms with Crippen LogP contribution >= 0.6 is 0 Å². The average molecular weight is 292 g/mol. The Kier molecular flexibility index (Phi) is 4.88. The van der Waals surface area contributed by atoms with Crippen LogP contribution in [0.5, 0.6) is 0 Å². The highest BCUT2D eigenvalue weighted by molar-refractivity contribution is 5.78. The SMILES string of the molecule is CC(C)C(=O)NC1CC(CC2CC2)CN(C2CCCC2)C1. The molecule has 0 spiro atoms. The highest BCUT2D eigenvalue weighted by atomic mass is 16.1. The van der Waals surface area contributed by atoms with Crippen molar-refractivity contribution in [3.05, 3.63) is 0 Å². The van der Waals surface area contributed by atoms with Crippen molar-refractivity contribution in [2.45, 2.75) is 77.3 Å². The van der Waals surface area contributed by atoms with Crippen LogP contribution in [0.15, 0.2) is 0 Å². The molecule has 0 aromatic rings. The second-order valence-corrected chi connectivity index (χ2v) is 8.03. The van der Waals surface area contributed by atoms with Gasteiger partial charge in [-0.1, -0.05) is 39.5 Å². The third-order valence-corrected chi connectivity index (χ3v) is 5.64. The van der Waals surface area contributed by atoms with Crippen molar-refractivity contribution in [3.8, 4) is 0 Å². The van der Waals surface area contributed by atoms with Gasteiger partial charge in [0.25, 0.3) is 0 Å². The minimum Gasteiger partial charge on any atom is -0.352 e. The molecule has 0 bridgehead atoms. The molecular formula is C18H32N2O. The van der Waals surface area contributed by atoms with E-state index in [-0.39, 0.29) is 11.8 Å². The summed E-state index contributed by atoms with van der Waals surface area (Å²) in [6.45, 7) is 6.36. The van der Waals surface area contributed by atoms with Crippen LogP contribution in [0, 0.1) is 17.8 Å². The standard InChI is InChI=1S/C18H32N2O/c1-13(2)18(21)19-16-10-15(9-14-7-8-14)11-20(12-16)17-5-3-4-6-17/h13-17H,3-12H2,1-2H3,(H,19,21). The molecule has 3 heteroatoms. The fourth-order valence-electron chi connectivity index (χ4n) is 4.28. The van der Waals surface area contributed by atoms with Gasteiger partial charge in [0, 0.05) is 31.1 Å². The van der Waals surface area contributed by atoms with E-state index in [0.717, 1.165) is 24.4 Å². The van der Waals surface area contributed by atoms with Crippen molar-refractivity contribution in [1.82, 2.24) is 10.2 Å². The molecule has 120 valence electrons. The van der Waals surface area contributed by atoms with E-state index in [1.165, 1.54) is 57.9 Å². The first-order chi connectivity index (χ1) is 10.1. The molecule has 1 heterocycles. The Morgan fingerprint density at radius 3 is 2.43 bits per heavy atom. The highest BCUT2D eigenvalue weighted by Crippen LogP contribution is 2.38. The number of rotatable bonds is 5. The van der Waals surface area contributed by atoms with Crippen LogP contribution in [0.3, 0.4) is 0 Å². The Labute approximate surface area is 129 Å². The number of piperidine rings is 1. The predicted molar refractivity (Wildman–Crippen MR) is 86.0 cm³/mol. The Bertz CT molecular complexity index is 358.